The van der Waals surface area contributed by atoms with E-state index in [2.05, 4.69) is 28.6 Å². The van der Waals surface area contributed by atoms with Gasteiger partial charge in [-0.3, -0.25) is 4.98 Å². The molecule has 0 aliphatic carbocycles. The molecule has 4 heteroatoms. The first kappa shape index (κ1) is 14.6. The SMILES string of the molecule is CCCCCN(C)Cc1ccc(C(=O)OC)cn1. The van der Waals surface area contributed by atoms with E-state index >= 15 is 0 Å². The van der Waals surface area contributed by atoms with Crippen molar-refractivity contribution in [1.82, 2.24) is 9.88 Å². The Bertz CT molecular complexity index is 363. The summed E-state index contributed by atoms with van der Waals surface area (Å²) >= 11 is 0. The Morgan fingerprint density at radius 3 is 2.72 bits per heavy atom. The number of hydrogen-bond acceptors (Lipinski definition) is 4. The van der Waals surface area contributed by atoms with Gasteiger partial charge in [0.15, 0.2) is 0 Å². The van der Waals surface area contributed by atoms with Crippen LogP contribution >= 0.6 is 0 Å². The third kappa shape index (κ3) is 4.84. The molecule has 18 heavy (non-hydrogen) atoms. The van der Waals surface area contributed by atoms with Crippen LogP contribution in [-0.2, 0) is 11.3 Å². The molecule has 0 saturated heterocycles. The lowest BCUT2D eigenvalue weighted by atomic mass is 10.2. The van der Waals surface area contributed by atoms with E-state index in [9.17, 15) is 4.79 Å². The van der Waals surface area contributed by atoms with Crippen molar-refractivity contribution < 1.29 is 9.53 Å². The van der Waals surface area contributed by atoms with Crippen LogP contribution in [0.4, 0.5) is 0 Å². The molecule has 100 valence electrons. The lowest BCUT2D eigenvalue weighted by molar-refractivity contribution is 0.0600. The van der Waals surface area contributed by atoms with Crippen LogP contribution in [0.3, 0.4) is 0 Å². The number of unbranched alkanes of at least 4 members (excludes halogenated alkanes) is 2. The van der Waals surface area contributed by atoms with Crippen molar-refractivity contribution in [2.45, 2.75) is 32.7 Å². The van der Waals surface area contributed by atoms with E-state index in [1.54, 1.807) is 12.3 Å². The summed E-state index contributed by atoms with van der Waals surface area (Å²) in [7, 11) is 3.46. The first-order valence-electron chi connectivity index (χ1n) is 6.39. The Morgan fingerprint density at radius 2 is 2.17 bits per heavy atom. The topological polar surface area (TPSA) is 42.4 Å². The molecule has 0 aliphatic heterocycles. The highest BCUT2D eigenvalue weighted by Gasteiger charge is 2.06. The molecule has 0 saturated carbocycles. The minimum Gasteiger partial charge on any atom is -0.465 e. The first-order chi connectivity index (χ1) is 8.67. The Kier molecular flexibility index (Phi) is 6.36. The van der Waals surface area contributed by atoms with E-state index in [1.165, 1.54) is 26.4 Å². The molecule has 0 spiro atoms. The highest BCUT2D eigenvalue weighted by Crippen LogP contribution is 2.05. The van der Waals surface area contributed by atoms with Gasteiger partial charge in [0.2, 0.25) is 0 Å². The van der Waals surface area contributed by atoms with Crippen LogP contribution in [0.25, 0.3) is 0 Å². The lowest BCUT2D eigenvalue weighted by Crippen LogP contribution is -2.19. The quantitative estimate of drug-likeness (QED) is 0.551. The monoisotopic (exact) mass is 250 g/mol. The van der Waals surface area contributed by atoms with Crippen LogP contribution in [0.2, 0.25) is 0 Å². The maximum Gasteiger partial charge on any atom is 0.339 e. The molecule has 0 unspecified atom stereocenters. The molecule has 1 heterocycles. The van der Waals surface area contributed by atoms with E-state index in [-0.39, 0.29) is 5.97 Å². The fourth-order valence-electron chi connectivity index (χ4n) is 1.74. The third-order valence-corrected chi connectivity index (χ3v) is 2.82. The predicted molar refractivity (Wildman–Crippen MR) is 71.4 cm³/mol. The van der Waals surface area contributed by atoms with Crippen molar-refractivity contribution in [3.05, 3.63) is 29.6 Å². The predicted octanol–water partition coefficient (Wildman–Crippen LogP) is 2.49. The van der Waals surface area contributed by atoms with Crippen molar-refractivity contribution in [2.24, 2.45) is 0 Å². The second-order valence-electron chi connectivity index (χ2n) is 4.47. The molecule has 0 amide bonds. The van der Waals surface area contributed by atoms with Gasteiger partial charge in [0.05, 0.1) is 18.4 Å². The summed E-state index contributed by atoms with van der Waals surface area (Å²) in [5, 5.41) is 0. The molecule has 0 aliphatic rings. The van der Waals surface area contributed by atoms with Gasteiger partial charge in [-0.15, -0.1) is 0 Å². The number of carbonyl (C=O) groups excluding carboxylic acids is 1. The highest BCUT2D eigenvalue weighted by molar-refractivity contribution is 5.88. The molecule has 0 N–H and O–H groups in total. The molecule has 1 aromatic heterocycles. The number of ether oxygens (including phenoxy) is 1. The molecular weight excluding hydrogens is 228 g/mol. The van der Waals surface area contributed by atoms with Gasteiger partial charge in [-0.25, -0.2) is 4.79 Å². The van der Waals surface area contributed by atoms with E-state index in [4.69, 9.17) is 0 Å². The summed E-state index contributed by atoms with van der Waals surface area (Å²) in [5.41, 5.74) is 1.47. The van der Waals surface area contributed by atoms with Gasteiger partial charge in [0.25, 0.3) is 0 Å². The Labute approximate surface area is 109 Å². The zero-order chi connectivity index (χ0) is 13.4. The number of nitrogens with zero attached hydrogens (tertiary/aromatic N) is 2. The second-order valence-corrected chi connectivity index (χ2v) is 4.47. The van der Waals surface area contributed by atoms with Crippen LogP contribution in [-0.4, -0.2) is 36.6 Å². The largest absolute Gasteiger partial charge is 0.465 e. The minimum absolute atomic E-state index is 0.342. The summed E-state index contributed by atoms with van der Waals surface area (Å²) in [5.74, 6) is -0.342. The molecule has 0 radical (unpaired) electrons. The van der Waals surface area contributed by atoms with Gasteiger partial charge in [-0.1, -0.05) is 19.8 Å². The Hall–Kier alpha value is -1.42. The van der Waals surface area contributed by atoms with Crippen LogP contribution in [0.5, 0.6) is 0 Å². The van der Waals surface area contributed by atoms with Gasteiger partial charge in [0, 0.05) is 12.7 Å². The van der Waals surface area contributed by atoms with Crippen LogP contribution in [0.15, 0.2) is 18.3 Å². The van der Waals surface area contributed by atoms with E-state index in [0.29, 0.717) is 5.56 Å². The maximum absolute atomic E-state index is 11.2. The van der Waals surface area contributed by atoms with E-state index in [0.717, 1.165) is 18.8 Å². The van der Waals surface area contributed by atoms with Crippen LogP contribution in [0.1, 0.15) is 42.2 Å². The van der Waals surface area contributed by atoms with E-state index < -0.39 is 0 Å². The second kappa shape index (κ2) is 7.82. The molecule has 1 rings (SSSR count). The number of aromatic nitrogens is 1. The molecule has 0 fully saturated rings. The lowest BCUT2D eigenvalue weighted by Gasteiger charge is -2.15. The fraction of sp³-hybridized carbons (Fsp3) is 0.571. The van der Waals surface area contributed by atoms with E-state index in [1.807, 2.05) is 6.07 Å². The molecule has 4 nitrogen and oxygen atoms in total. The number of carbonyl (C=O) groups is 1. The van der Waals surface area contributed by atoms with Crippen molar-refractivity contribution in [2.75, 3.05) is 20.7 Å². The minimum atomic E-state index is -0.342. The summed E-state index contributed by atoms with van der Waals surface area (Å²) < 4.78 is 4.63. The summed E-state index contributed by atoms with van der Waals surface area (Å²) in [6.45, 7) is 4.09. The van der Waals surface area contributed by atoms with Crippen LogP contribution < -0.4 is 0 Å². The Balaban J connectivity index is 2.45. The molecule has 0 aromatic carbocycles. The molecule has 0 atom stereocenters. The fourth-order valence-corrected chi connectivity index (χ4v) is 1.74. The standard InChI is InChI=1S/C14H22N2O2/c1-4-5-6-9-16(2)11-13-8-7-12(10-15-13)14(17)18-3/h7-8,10H,4-6,9,11H2,1-3H3. The van der Waals surface area contributed by atoms with Gasteiger partial charge in [-0.05, 0) is 32.1 Å². The number of esters is 1. The van der Waals surface area contributed by atoms with Gasteiger partial charge < -0.3 is 9.64 Å². The Morgan fingerprint density at radius 1 is 1.39 bits per heavy atom. The van der Waals surface area contributed by atoms with Crippen molar-refractivity contribution in [1.29, 1.82) is 0 Å². The highest BCUT2D eigenvalue weighted by atomic mass is 16.5. The van der Waals surface area contributed by atoms with Crippen LogP contribution in [0, 0.1) is 0 Å². The van der Waals surface area contributed by atoms with Crippen molar-refractivity contribution in [3.8, 4) is 0 Å². The number of methoxy groups -OCH3 is 1. The first-order valence-corrected chi connectivity index (χ1v) is 6.39. The molecule has 0 bridgehead atoms. The van der Waals surface area contributed by atoms with Gasteiger partial charge in [0.1, 0.15) is 0 Å². The van der Waals surface area contributed by atoms with Crippen molar-refractivity contribution in [3.63, 3.8) is 0 Å². The number of hydrogen-bond donors (Lipinski definition) is 0. The normalized spacial score (nSPS) is 10.7. The van der Waals surface area contributed by atoms with Gasteiger partial charge in [-0.2, -0.15) is 0 Å². The average molecular weight is 250 g/mol. The smallest absolute Gasteiger partial charge is 0.339 e. The number of pyridine rings is 1. The molecule has 1 aromatic rings. The maximum atomic E-state index is 11.2. The zero-order valence-electron chi connectivity index (χ0n) is 11.5. The zero-order valence-corrected chi connectivity index (χ0v) is 11.5. The van der Waals surface area contributed by atoms with Gasteiger partial charge >= 0.3 is 5.97 Å². The number of rotatable bonds is 7. The summed E-state index contributed by atoms with van der Waals surface area (Å²) in [6, 6.07) is 3.64. The average Bonchev–Trinajstić information content (AvgIpc) is 2.39. The van der Waals surface area contributed by atoms with Crippen molar-refractivity contribution >= 4 is 5.97 Å². The summed E-state index contributed by atoms with van der Waals surface area (Å²) in [4.78, 5) is 17.8. The molecular formula is C14H22N2O2. The third-order valence-electron chi connectivity index (χ3n) is 2.82. The summed E-state index contributed by atoms with van der Waals surface area (Å²) in [6.07, 6.45) is 5.28.